The van der Waals surface area contributed by atoms with E-state index in [1.54, 1.807) is 7.11 Å². The van der Waals surface area contributed by atoms with E-state index < -0.39 is 0 Å². The number of nitrogens with one attached hydrogen (secondary N) is 1. The van der Waals surface area contributed by atoms with Gasteiger partial charge in [0.25, 0.3) is 0 Å². The molecule has 0 aliphatic rings. The smallest absolute Gasteiger partial charge is 0.0749 e. The number of hydrogen-bond acceptors (Lipinski definition) is 3. The third-order valence-electron chi connectivity index (χ3n) is 3.58. The summed E-state index contributed by atoms with van der Waals surface area (Å²) in [5, 5.41) is 4.79. The van der Waals surface area contributed by atoms with E-state index in [1.807, 2.05) is 12.3 Å². The Morgan fingerprint density at radius 3 is 2.80 bits per heavy atom. The predicted molar refractivity (Wildman–Crippen MR) is 83.8 cm³/mol. The summed E-state index contributed by atoms with van der Waals surface area (Å²) >= 11 is 0. The molecule has 0 aliphatic carbocycles. The molecule has 1 aromatic carbocycles. The fourth-order valence-corrected chi connectivity index (χ4v) is 2.73. The van der Waals surface area contributed by atoms with Crippen molar-refractivity contribution in [2.75, 3.05) is 20.3 Å². The first-order chi connectivity index (χ1) is 9.76. The lowest BCUT2D eigenvalue weighted by Crippen LogP contribution is -2.24. The maximum absolute atomic E-state index is 5.26. The van der Waals surface area contributed by atoms with E-state index >= 15 is 0 Å². The fraction of sp³-hybridized carbons (Fsp3) is 0.471. The van der Waals surface area contributed by atoms with Crippen LogP contribution in [0.25, 0.3) is 10.9 Å². The zero-order valence-electron chi connectivity index (χ0n) is 12.6. The maximum atomic E-state index is 5.26. The maximum Gasteiger partial charge on any atom is 0.0749 e. The molecule has 3 heteroatoms. The van der Waals surface area contributed by atoms with Gasteiger partial charge in [0, 0.05) is 31.3 Å². The third kappa shape index (κ3) is 3.56. The van der Waals surface area contributed by atoms with Gasteiger partial charge in [-0.2, -0.15) is 0 Å². The van der Waals surface area contributed by atoms with E-state index in [0.29, 0.717) is 12.0 Å². The first kappa shape index (κ1) is 14.9. The van der Waals surface area contributed by atoms with E-state index in [1.165, 1.54) is 10.9 Å². The van der Waals surface area contributed by atoms with Crippen LogP contribution < -0.4 is 5.32 Å². The molecule has 1 heterocycles. The molecule has 2 aromatic rings. The average Bonchev–Trinajstić information content (AvgIpc) is 2.46. The Morgan fingerprint density at radius 2 is 2.05 bits per heavy atom. The van der Waals surface area contributed by atoms with Gasteiger partial charge in [-0.25, -0.2) is 0 Å². The number of para-hydroxylation sites is 1. The standard InChI is InChI=1S/C17H24N2O/c1-4-18-16(11-13(2)12-20-3)15-9-5-7-14-8-6-10-19-17(14)15/h5-10,13,16,18H,4,11-12H2,1-3H3. The van der Waals surface area contributed by atoms with Gasteiger partial charge in [-0.1, -0.05) is 38.1 Å². The molecule has 2 rings (SSSR count). The van der Waals surface area contributed by atoms with Crippen molar-refractivity contribution in [3.8, 4) is 0 Å². The van der Waals surface area contributed by atoms with Crippen LogP contribution in [0.15, 0.2) is 36.5 Å². The summed E-state index contributed by atoms with van der Waals surface area (Å²) in [6, 6.07) is 10.8. The van der Waals surface area contributed by atoms with Crippen LogP contribution in [-0.4, -0.2) is 25.2 Å². The number of pyridine rings is 1. The minimum atomic E-state index is 0.323. The predicted octanol–water partition coefficient (Wildman–Crippen LogP) is 3.56. The van der Waals surface area contributed by atoms with Gasteiger partial charge in [-0.3, -0.25) is 4.98 Å². The van der Waals surface area contributed by atoms with Crippen LogP contribution in [0, 0.1) is 5.92 Å². The molecule has 2 unspecified atom stereocenters. The Morgan fingerprint density at radius 1 is 1.25 bits per heavy atom. The van der Waals surface area contributed by atoms with E-state index in [4.69, 9.17) is 4.74 Å². The van der Waals surface area contributed by atoms with Gasteiger partial charge in [0.15, 0.2) is 0 Å². The van der Waals surface area contributed by atoms with Crippen molar-refractivity contribution in [3.63, 3.8) is 0 Å². The number of ether oxygens (including phenoxy) is 1. The summed E-state index contributed by atoms with van der Waals surface area (Å²) in [6.07, 6.45) is 2.92. The number of rotatable bonds is 7. The average molecular weight is 272 g/mol. The minimum Gasteiger partial charge on any atom is -0.384 e. The lowest BCUT2D eigenvalue weighted by molar-refractivity contribution is 0.149. The van der Waals surface area contributed by atoms with Gasteiger partial charge in [-0.05, 0) is 30.5 Å². The number of aromatic nitrogens is 1. The van der Waals surface area contributed by atoms with Crippen molar-refractivity contribution < 1.29 is 4.74 Å². The van der Waals surface area contributed by atoms with Gasteiger partial charge < -0.3 is 10.1 Å². The van der Waals surface area contributed by atoms with Gasteiger partial charge in [0.1, 0.15) is 0 Å². The Bertz CT molecular complexity index is 536. The van der Waals surface area contributed by atoms with Crippen molar-refractivity contribution in [1.29, 1.82) is 0 Å². The van der Waals surface area contributed by atoms with Crippen molar-refractivity contribution in [2.45, 2.75) is 26.3 Å². The van der Waals surface area contributed by atoms with Crippen LogP contribution in [0.1, 0.15) is 31.9 Å². The summed E-state index contributed by atoms with van der Waals surface area (Å²) in [4.78, 5) is 4.57. The summed E-state index contributed by atoms with van der Waals surface area (Å²) in [5.41, 5.74) is 2.39. The number of fused-ring (bicyclic) bond motifs is 1. The zero-order valence-corrected chi connectivity index (χ0v) is 12.6. The number of nitrogens with zero attached hydrogens (tertiary/aromatic N) is 1. The second-order valence-electron chi connectivity index (χ2n) is 5.33. The molecule has 108 valence electrons. The van der Waals surface area contributed by atoms with Crippen molar-refractivity contribution in [3.05, 3.63) is 42.1 Å². The van der Waals surface area contributed by atoms with Crippen LogP contribution in [0.5, 0.6) is 0 Å². The van der Waals surface area contributed by atoms with Gasteiger partial charge in [-0.15, -0.1) is 0 Å². The molecule has 1 aromatic heterocycles. The summed E-state index contributed by atoms with van der Waals surface area (Å²) in [5.74, 6) is 0.517. The van der Waals surface area contributed by atoms with E-state index in [0.717, 1.165) is 25.1 Å². The quantitative estimate of drug-likeness (QED) is 0.837. The normalized spacial score (nSPS) is 14.3. The van der Waals surface area contributed by atoms with E-state index in [9.17, 15) is 0 Å². The lowest BCUT2D eigenvalue weighted by atomic mass is 9.94. The highest BCUT2D eigenvalue weighted by Crippen LogP contribution is 2.27. The molecular weight excluding hydrogens is 248 g/mol. The van der Waals surface area contributed by atoms with Gasteiger partial charge >= 0.3 is 0 Å². The van der Waals surface area contributed by atoms with Gasteiger partial charge in [0.2, 0.25) is 0 Å². The molecule has 0 spiro atoms. The Balaban J connectivity index is 2.31. The Kier molecular flexibility index (Phi) is 5.50. The number of benzene rings is 1. The number of hydrogen-bond donors (Lipinski definition) is 1. The Hall–Kier alpha value is -1.45. The molecule has 0 radical (unpaired) electrons. The lowest BCUT2D eigenvalue weighted by Gasteiger charge is -2.23. The summed E-state index contributed by atoms with van der Waals surface area (Å²) < 4.78 is 5.26. The molecule has 0 saturated carbocycles. The molecule has 0 fully saturated rings. The first-order valence-electron chi connectivity index (χ1n) is 7.32. The second-order valence-corrected chi connectivity index (χ2v) is 5.33. The highest BCUT2D eigenvalue weighted by atomic mass is 16.5. The van der Waals surface area contributed by atoms with E-state index in [-0.39, 0.29) is 0 Å². The van der Waals surface area contributed by atoms with Crippen LogP contribution in [0.3, 0.4) is 0 Å². The molecule has 3 nitrogen and oxygen atoms in total. The van der Waals surface area contributed by atoms with Crippen molar-refractivity contribution in [1.82, 2.24) is 10.3 Å². The molecule has 1 N–H and O–H groups in total. The third-order valence-corrected chi connectivity index (χ3v) is 3.58. The molecule has 0 saturated heterocycles. The van der Waals surface area contributed by atoms with Crippen molar-refractivity contribution in [2.24, 2.45) is 5.92 Å². The van der Waals surface area contributed by atoms with Crippen molar-refractivity contribution >= 4 is 10.9 Å². The summed E-state index contributed by atoms with van der Waals surface area (Å²) in [6.45, 7) is 6.12. The first-order valence-corrected chi connectivity index (χ1v) is 7.32. The van der Waals surface area contributed by atoms with Crippen LogP contribution in [0.2, 0.25) is 0 Å². The Labute approximate surface area is 121 Å². The molecular formula is C17H24N2O. The molecule has 0 amide bonds. The van der Waals surface area contributed by atoms with Gasteiger partial charge in [0.05, 0.1) is 5.52 Å². The monoisotopic (exact) mass is 272 g/mol. The minimum absolute atomic E-state index is 0.323. The SMILES string of the molecule is CCNC(CC(C)COC)c1cccc2cccnc12. The molecule has 20 heavy (non-hydrogen) atoms. The zero-order chi connectivity index (χ0) is 14.4. The van der Waals surface area contributed by atoms with Crippen LogP contribution in [-0.2, 0) is 4.74 Å². The molecule has 2 atom stereocenters. The topological polar surface area (TPSA) is 34.1 Å². The van der Waals surface area contributed by atoms with Crippen LogP contribution in [0.4, 0.5) is 0 Å². The van der Waals surface area contributed by atoms with E-state index in [2.05, 4.69) is 48.4 Å². The molecule has 0 aliphatic heterocycles. The second kappa shape index (κ2) is 7.36. The fourth-order valence-electron chi connectivity index (χ4n) is 2.73. The highest BCUT2D eigenvalue weighted by Gasteiger charge is 2.17. The number of methoxy groups -OCH3 is 1. The summed E-state index contributed by atoms with van der Waals surface area (Å²) in [7, 11) is 1.76. The van der Waals surface area contributed by atoms with Crippen LogP contribution >= 0.6 is 0 Å². The largest absolute Gasteiger partial charge is 0.384 e. The molecule has 0 bridgehead atoms. The highest BCUT2D eigenvalue weighted by molar-refractivity contribution is 5.82.